The number of rotatable bonds is 7. The van der Waals surface area contributed by atoms with Gasteiger partial charge >= 0.3 is 5.88 Å². The van der Waals surface area contributed by atoms with Crippen LogP contribution in [0.1, 0.15) is 5.76 Å². The van der Waals surface area contributed by atoms with E-state index in [2.05, 4.69) is 0 Å². The minimum Gasteiger partial charge on any atom is -0.486 e. The van der Waals surface area contributed by atoms with Crippen molar-refractivity contribution in [1.29, 1.82) is 0 Å². The molecule has 23 heavy (non-hydrogen) atoms. The highest BCUT2D eigenvalue weighted by Crippen LogP contribution is 2.27. The largest absolute Gasteiger partial charge is 0.486 e. The number of hydrogen-bond acceptors (Lipinski definition) is 4. The molecule has 0 fully saturated rings. The number of ether oxygens (including phenoxy) is 1. The number of benzene rings is 1. The molecule has 0 aliphatic carbocycles. The van der Waals surface area contributed by atoms with Gasteiger partial charge in [-0.15, -0.1) is 0 Å². The van der Waals surface area contributed by atoms with Crippen LogP contribution in [0.5, 0.6) is 5.75 Å². The van der Waals surface area contributed by atoms with Crippen molar-refractivity contribution in [2.75, 3.05) is 27.2 Å². The van der Waals surface area contributed by atoms with Crippen LogP contribution in [0.15, 0.2) is 34.7 Å². The summed E-state index contributed by atoms with van der Waals surface area (Å²) < 4.78 is 11.4. The van der Waals surface area contributed by atoms with E-state index in [0.717, 1.165) is 0 Å². The van der Waals surface area contributed by atoms with Gasteiger partial charge < -0.3 is 13.6 Å². The summed E-state index contributed by atoms with van der Waals surface area (Å²) in [6.45, 7) is 1.64. The fraction of sp³-hybridized carbons (Fsp3) is 0.333. The molecule has 1 heterocycles. The van der Waals surface area contributed by atoms with Crippen molar-refractivity contribution in [3.63, 3.8) is 0 Å². The van der Waals surface area contributed by atoms with Gasteiger partial charge in [-0.1, -0.05) is 23.2 Å². The minimum absolute atomic E-state index is 0.246. The first-order valence-electron chi connectivity index (χ1n) is 6.90. The third-order valence-corrected chi connectivity index (χ3v) is 3.79. The summed E-state index contributed by atoms with van der Waals surface area (Å²) in [6, 6.07) is 8.04. The van der Waals surface area contributed by atoms with Gasteiger partial charge in [0.25, 0.3) is 0 Å². The van der Waals surface area contributed by atoms with Gasteiger partial charge in [-0.05, 0) is 24.3 Å². The second-order valence-corrected chi connectivity index (χ2v) is 6.58. The van der Waals surface area contributed by atoms with Gasteiger partial charge in [0.15, 0.2) is 5.76 Å². The Labute approximate surface area is 143 Å². The average molecular weight is 360 g/mol. The lowest BCUT2D eigenvalue weighted by Crippen LogP contribution is -2.41. The zero-order valence-electron chi connectivity index (χ0n) is 12.8. The molecule has 124 valence electrons. The smallest absolute Gasteiger partial charge is 0.433 e. The molecule has 2 rings (SSSR count). The Morgan fingerprint density at radius 1 is 1.26 bits per heavy atom. The van der Waals surface area contributed by atoms with E-state index in [1.54, 1.807) is 24.3 Å². The highest BCUT2D eigenvalue weighted by atomic mass is 35.5. The van der Waals surface area contributed by atoms with Crippen LogP contribution in [0.4, 0.5) is 5.88 Å². The fourth-order valence-corrected chi connectivity index (χ4v) is 2.51. The molecule has 0 saturated carbocycles. The van der Waals surface area contributed by atoms with Gasteiger partial charge in [-0.2, -0.15) is 0 Å². The molecular formula is C15H17Cl2N2O4+. The lowest BCUT2D eigenvalue weighted by atomic mass is 10.3. The molecule has 6 nitrogen and oxygen atoms in total. The van der Waals surface area contributed by atoms with Gasteiger partial charge in [0.1, 0.15) is 30.4 Å². The monoisotopic (exact) mass is 359 g/mol. The van der Waals surface area contributed by atoms with Crippen molar-refractivity contribution >= 4 is 29.1 Å². The quantitative estimate of drug-likeness (QED) is 0.423. The molecule has 0 amide bonds. The van der Waals surface area contributed by atoms with E-state index in [-0.39, 0.29) is 5.88 Å². The van der Waals surface area contributed by atoms with E-state index in [1.165, 1.54) is 6.07 Å². The first-order chi connectivity index (χ1) is 10.8. The lowest BCUT2D eigenvalue weighted by Gasteiger charge is -2.28. The van der Waals surface area contributed by atoms with Crippen molar-refractivity contribution in [2.45, 2.75) is 6.54 Å². The van der Waals surface area contributed by atoms with Gasteiger partial charge in [-0.25, -0.2) is 0 Å². The molecule has 1 aromatic heterocycles. The van der Waals surface area contributed by atoms with Crippen molar-refractivity contribution < 1.29 is 18.6 Å². The Kier molecular flexibility index (Phi) is 5.51. The molecule has 0 aliphatic rings. The number of quaternary nitrogens is 1. The maximum Gasteiger partial charge on any atom is 0.433 e. The summed E-state index contributed by atoms with van der Waals surface area (Å²) in [5, 5.41) is 11.6. The zero-order chi connectivity index (χ0) is 17.0. The Bertz CT molecular complexity index is 701. The first kappa shape index (κ1) is 17.6. The van der Waals surface area contributed by atoms with Gasteiger partial charge in [-0.3, -0.25) is 10.1 Å². The lowest BCUT2D eigenvalue weighted by molar-refractivity contribution is -0.904. The molecule has 0 radical (unpaired) electrons. The molecule has 0 unspecified atom stereocenters. The minimum atomic E-state index is -0.546. The molecule has 2 aromatic rings. The van der Waals surface area contributed by atoms with Gasteiger partial charge in [0.05, 0.1) is 25.2 Å². The summed E-state index contributed by atoms with van der Waals surface area (Å²) in [6.07, 6.45) is 0. The number of furan rings is 1. The van der Waals surface area contributed by atoms with E-state index in [0.29, 0.717) is 45.7 Å². The van der Waals surface area contributed by atoms with Crippen LogP contribution in [-0.4, -0.2) is 36.7 Å². The van der Waals surface area contributed by atoms with Gasteiger partial charge in [0.2, 0.25) is 0 Å². The van der Waals surface area contributed by atoms with Crippen molar-refractivity contribution in [3.05, 3.63) is 56.3 Å². The van der Waals surface area contributed by atoms with Crippen LogP contribution < -0.4 is 4.74 Å². The molecule has 0 N–H and O–H groups in total. The second-order valence-electron chi connectivity index (χ2n) is 5.74. The maximum absolute atomic E-state index is 10.6. The van der Waals surface area contributed by atoms with Crippen molar-refractivity contribution in [3.8, 4) is 5.75 Å². The number of nitrogens with zero attached hydrogens (tertiary/aromatic N) is 2. The highest BCUT2D eigenvalue weighted by Gasteiger charge is 2.21. The summed E-state index contributed by atoms with van der Waals surface area (Å²) in [7, 11) is 3.97. The number of halogens is 2. The summed E-state index contributed by atoms with van der Waals surface area (Å²) in [5.74, 6) is 0.889. The summed E-state index contributed by atoms with van der Waals surface area (Å²) >= 11 is 11.9. The fourth-order valence-electron chi connectivity index (χ4n) is 2.05. The molecular weight excluding hydrogens is 343 g/mol. The molecule has 0 bridgehead atoms. The van der Waals surface area contributed by atoms with Crippen molar-refractivity contribution in [1.82, 2.24) is 0 Å². The summed E-state index contributed by atoms with van der Waals surface area (Å²) in [4.78, 5) is 10.1. The topological polar surface area (TPSA) is 65.5 Å². The number of nitro groups is 1. The van der Waals surface area contributed by atoms with Crippen LogP contribution in [0.3, 0.4) is 0 Å². The van der Waals surface area contributed by atoms with Crippen LogP contribution >= 0.6 is 23.2 Å². The highest BCUT2D eigenvalue weighted by molar-refractivity contribution is 6.35. The third kappa shape index (κ3) is 5.13. The maximum atomic E-state index is 10.6. The molecule has 0 saturated heterocycles. The number of hydrogen-bond donors (Lipinski definition) is 0. The van der Waals surface area contributed by atoms with E-state index in [4.69, 9.17) is 32.4 Å². The molecule has 0 aliphatic heterocycles. The Morgan fingerprint density at radius 2 is 2.00 bits per heavy atom. The predicted octanol–water partition coefficient (Wildman–Crippen LogP) is 4.15. The van der Waals surface area contributed by atoms with E-state index >= 15 is 0 Å². The standard InChI is InChI=1S/C15H17Cl2N2O4/c1-19(2,10-12-4-6-15(23-12)18(20)21)7-8-22-14-5-3-11(16)9-13(14)17/h3-6,9H,7-8,10H2,1-2H3/q+1. The zero-order valence-corrected chi connectivity index (χ0v) is 14.3. The van der Waals surface area contributed by atoms with Crippen LogP contribution in [-0.2, 0) is 6.54 Å². The SMILES string of the molecule is C[N+](C)(CCOc1ccc(Cl)cc1Cl)Cc1ccc([N+](=O)[O-])o1. The normalized spacial score (nSPS) is 11.5. The Morgan fingerprint density at radius 3 is 2.61 bits per heavy atom. The second kappa shape index (κ2) is 7.21. The van der Waals surface area contributed by atoms with Gasteiger partial charge in [0, 0.05) is 5.02 Å². The molecule has 0 spiro atoms. The van der Waals surface area contributed by atoms with Crippen LogP contribution in [0.2, 0.25) is 10.0 Å². The Balaban J connectivity index is 1.89. The molecule has 0 atom stereocenters. The number of likely N-dealkylation sites (N-methyl/N-ethyl adjacent to an activating group) is 1. The van der Waals surface area contributed by atoms with Crippen LogP contribution in [0, 0.1) is 10.1 Å². The average Bonchev–Trinajstić information content (AvgIpc) is 2.89. The predicted molar refractivity (Wildman–Crippen MR) is 88.0 cm³/mol. The Hall–Kier alpha value is -1.76. The van der Waals surface area contributed by atoms with Crippen molar-refractivity contribution in [2.24, 2.45) is 0 Å². The first-order valence-corrected chi connectivity index (χ1v) is 7.65. The van der Waals surface area contributed by atoms with E-state index < -0.39 is 4.92 Å². The van der Waals surface area contributed by atoms with E-state index in [9.17, 15) is 10.1 Å². The van der Waals surface area contributed by atoms with E-state index in [1.807, 2.05) is 14.1 Å². The molecule has 8 heteroatoms. The van der Waals surface area contributed by atoms with Crippen LogP contribution in [0.25, 0.3) is 0 Å². The summed E-state index contributed by atoms with van der Waals surface area (Å²) in [5.41, 5.74) is 0. The molecule has 1 aromatic carbocycles. The third-order valence-electron chi connectivity index (χ3n) is 3.26.